The predicted molar refractivity (Wildman–Crippen MR) is 80.1 cm³/mol. The number of aryl methyl sites for hydroxylation is 1. The monoisotopic (exact) mass is 331 g/mol. The highest BCUT2D eigenvalue weighted by molar-refractivity contribution is 7.10. The van der Waals surface area contributed by atoms with E-state index in [9.17, 15) is 13.2 Å². The van der Waals surface area contributed by atoms with Crippen LogP contribution in [-0.4, -0.2) is 0 Å². The molecule has 0 saturated carbocycles. The zero-order chi connectivity index (χ0) is 15.0. The molecule has 21 heavy (non-hydrogen) atoms. The summed E-state index contributed by atoms with van der Waals surface area (Å²) < 4.78 is 39.4. The van der Waals surface area contributed by atoms with Crippen molar-refractivity contribution in [2.75, 3.05) is 5.32 Å². The fraction of sp³-hybridized carbons (Fsp3) is 0.333. The van der Waals surface area contributed by atoms with Crippen molar-refractivity contribution in [3.05, 3.63) is 50.7 Å². The molecule has 0 saturated heterocycles. The summed E-state index contributed by atoms with van der Waals surface area (Å²) in [6.07, 6.45) is -1.64. The molecule has 0 radical (unpaired) electrons. The molecule has 0 spiro atoms. The Hall–Kier alpha value is -1.20. The third kappa shape index (κ3) is 2.90. The third-order valence-corrected chi connectivity index (χ3v) is 5.00. The van der Waals surface area contributed by atoms with Crippen LogP contribution in [0.5, 0.6) is 0 Å². The summed E-state index contributed by atoms with van der Waals surface area (Å²) in [5.41, 5.74) is 0.368. The third-order valence-electron chi connectivity index (χ3n) is 3.69. The summed E-state index contributed by atoms with van der Waals surface area (Å²) in [5, 5.41) is 5.11. The van der Waals surface area contributed by atoms with Gasteiger partial charge in [0.1, 0.15) is 0 Å². The Kier molecular flexibility index (Phi) is 3.88. The zero-order valence-corrected chi connectivity index (χ0v) is 12.6. The number of anilines is 1. The first-order valence-corrected chi connectivity index (χ1v) is 7.91. The Balaban J connectivity index is 1.97. The van der Waals surface area contributed by atoms with Gasteiger partial charge < -0.3 is 5.32 Å². The number of benzene rings is 1. The van der Waals surface area contributed by atoms with Crippen LogP contribution in [0, 0.1) is 0 Å². The van der Waals surface area contributed by atoms with E-state index in [0.29, 0.717) is 0 Å². The SMILES string of the molecule is FC(F)(F)c1cccc(Cl)c1NC1CCCc2sccc21. The van der Waals surface area contributed by atoms with Gasteiger partial charge in [0.25, 0.3) is 0 Å². The quantitative estimate of drug-likeness (QED) is 0.721. The molecule has 1 aromatic carbocycles. The normalized spacial score (nSPS) is 18.4. The average Bonchev–Trinajstić information content (AvgIpc) is 2.89. The van der Waals surface area contributed by atoms with Crippen LogP contribution < -0.4 is 5.32 Å². The lowest BCUT2D eigenvalue weighted by atomic mass is 9.93. The van der Waals surface area contributed by atoms with Crippen LogP contribution in [-0.2, 0) is 12.6 Å². The number of fused-ring (bicyclic) bond motifs is 1. The molecule has 6 heteroatoms. The van der Waals surface area contributed by atoms with E-state index in [2.05, 4.69) is 5.32 Å². The summed E-state index contributed by atoms with van der Waals surface area (Å²) in [5.74, 6) is 0. The Morgan fingerprint density at radius 1 is 1.24 bits per heavy atom. The Bertz CT molecular complexity index is 651. The topological polar surface area (TPSA) is 12.0 Å². The van der Waals surface area contributed by atoms with Crippen LogP contribution in [0.15, 0.2) is 29.6 Å². The molecule has 1 aliphatic carbocycles. The number of alkyl halides is 3. The van der Waals surface area contributed by atoms with Crippen molar-refractivity contribution in [3.8, 4) is 0 Å². The summed E-state index contributed by atoms with van der Waals surface area (Å²) in [7, 11) is 0. The van der Waals surface area contributed by atoms with Crippen molar-refractivity contribution >= 4 is 28.6 Å². The Morgan fingerprint density at radius 3 is 2.81 bits per heavy atom. The predicted octanol–water partition coefficient (Wildman–Crippen LogP) is 5.91. The molecule has 2 aromatic rings. The van der Waals surface area contributed by atoms with Crippen molar-refractivity contribution in [3.63, 3.8) is 0 Å². The van der Waals surface area contributed by atoms with Crippen LogP contribution in [0.2, 0.25) is 5.02 Å². The second-order valence-electron chi connectivity index (χ2n) is 5.05. The molecule has 1 aromatic heterocycles. The fourth-order valence-corrected chi connectivity index (χ4v) is 3.93. The molecular formula is C15H13ClF3NS. The average molecular weight is 332 g/mol. The molecule has 1 nitrogen and oxygen atoms in total. The summed E-state index contributed by atoms with van der Waals surface area (Å²) >= 11 is 7.65. The maximum Gasteiger partial charge on any atom is 0.418 e. The van der Waals surface area contributed by atoms with Crippen molar-refractivity contribution < 1.29 is 13.2 Å². The first-order chi connectivity index (χ1) is 9.97. The molecule has 0 bridgehead atoms. The van der Waals surface area contributed by atoms with Gasteiger partial charge in [-0.3, -0.25) is 0 Å². The Labute approximate surface area is 129 Å². The second kappa shape index (κ2) is 5.54. The summed E-state index contributed by atoms with van der Waals surface area (Å²) in [6.45, 7) is 0. The molecule has 1 N–H and O–H groups in total. The van der Waals surface area contributed by atoms with Gasteiger partial charge in [-0.15, -0.1) is 11.3 Å². The molecule has 1 atom stereocenters. The van der Waals surface area contributed by atoms with Gasteiger partial charge in [-0.05, 0) is 48.4 Å². The minimum Gasteiger partial charge on any atom is -0.377 e. The van der Waals surface area contributed by atoms with E-state index >= 15 is 0 Å². The van der Waals surface area contributed by atoms with Gasteiger partial charge in [-0.1, -0.05) is 17.7 Å². The van der Waals surface area contributed by atoms with Crippen LogP contribution >= 0.6 is 22.9 Å². The number of halogens is 4. The van der Waals surface area contributed by atoms with Crippen LogP contribution in [0.3, 0.4) is 0 Å². The minimum absolute atomic E-state index is 0.0179. The number of para-hydroxylation sites is 1. The lowest BCUT2D eigenvalue weighted by molar-refractivity contribution is -0.137. The fourth-order valence-electron chi connectivity index (χ4n) is 2.72. The van der Waals surface area contributed by atoms with E-state index in [1.807, 2.05) is 11.4 Å². The molecule has 1 heterocycles. The number of hydrogen-bond donors (Lipinski definition) is 1. The summed E-state index contributed by atoms with van der Waals surface area (Å²) in [6, 6.07) is 5.75. The van der Waals surface area contributed by atoms with E-state index in [-0.39, 0.29) is 16.8 Å². The number of thiophene rings is 1. The van der Waals surface area contributed by atoms with Gasteiger partial charge in [0, 0.05) is 4.88 Å². The summed E-state index contributed by atoms with van der Waals surface area (Å²) in [4.78, 5) is 1.25. The molecule has 0 amide bonds. The maximum atomic E-state index is 13.1. The van der Waals surface area contributed by atoms with Gasteiger partial charge in [-0.25, -0.2) is 0 Å². The first-order valence-electron chi connectivity index (χ1n) is 6.65. The van der Waals surface area contributed by atoms with E-state index in [1.54, 1.807) is 11.3 Å². The maximum absolute atomic E-state index is 13.1. The lowest BCUT2D eigenvalue weighted by Crippen LogP contribution is -2.18. The molecular weight excluding hydrogens is 319 g/mol. The number of nitrogens with one attached hydrogen (secondary N) is 1. The van der Waals surface area contributed by atoms with Crippen molar-refractivity contribution in [2.45, 2.75) is 31.5 Å². The lowest BCUT2D eigenvalue weighted by Gasteiger charge is -2.27. The standard InChI is InChI=1S/C15H13ClF3NS/c16-11-4-1-3-10(15(17,18)19)14(11)20-12-5-2-6-13-9(12)7-8-21-13/h1,3-4,7-8,12,20H,2,5-6H2. The van der Waals surface area contributed by atoms with Crippen LogP contribution in [0.4, 0.5) is 18.9 Å². The molecule has 1 unspecified atom stereocenters. The van der Waals surface area contributed by atoms with E-state index in [0.717, 1.165) is 30.9 Å². The number of rotatable bonds is 2. The smallest absolute Gasteiger partial charge is 0.377 e. The van der Waals surface area contributed by atoms with E-state index in [4.69, 9.17) is 11.6 Å². The van der Waals surface area contributed by atoms with Crippen molar-refractivity contribution in [1.29, 1.82) is 0 Å². The minimum atomic E-state index is -4.42. The van der Waals surface area contributed by atoms with Crippen molar-refractivity contribution in [1.82, 2.24) is 0 Å². The van der Waals surface area contributed by atoms with Gasteiger partial charge in [-0.2, -0.15) is 13.2 Å². The molecule has 0 fully saturated rings. The molecule has 0 aliphatic heterocycles. The van der Waals surface area contributed by atoms with Gasteiger partial charge >= 0.3 is 6.18 Å². The van der Waals surface area contributed by atoms with Gasteiger partial charge in [0.15, 0.2) is 0 Å². The molecule has 112 valence electrons. The highest BCUT2D eigenvalue weighted by Crippen LogP contribution is 2.42. The van der Waals surface area contributed by atoms with Crippen LogP contribution in [0.1, 0.15) is 34.9 Å². The van der Waals surface area contributed by atoms with Crippen molar-refractivity contribution in [2.24, 2.45) is 0 Å². The highest BCUT2D eigenvalue weighted by Gasteiger charge is 2.35. The van der Waals surface area contributed by atoms with Gasteiger partial charge in [0.05, 0.1) is 22.3 Å². The van der Waals surface area contributed by atoms with E-state index < -0.39 is 11.7 Å². The Morgan fingerprint density at radius 2 is 2.05 bits per heavy atom. The zero-order valence-electron chi connectivity index (χ0n) is 11.0. The molecule has 1 aliphatic rings. The first kappa shape index (κ1) is 14.7. The van der Waals surface area contributed by atoms with Gasteiger partial charge in [0.2, 0.25) is 0 Å². The van der Waals surface area contributed by atoms with E-state index in [1.165, 1.54) is 17.0 Å². The second-order valence-corrected chi connectivity index (χ2v) is 6.46. The molecule has 3 rings (SSSR count). The number of hydrogen-bond acceptors (Lipinski definition) is 2. The van der Waals surface area contributed by atoms with Crippen LogP contribution in [0.25, 0.3) is 0 Å². The highest BCUT2D eigenvalue weighted by atomic mass is 35.5. The largest absolute Gasteiger partial charge is 0.418 e.